The van der Waals surface area contributed by atoms with Crippen molar-refractivity contribution in [1.29, 1.82) is 0 Å². The van der Waals surface area contributed by atoms with Crippen LogP contribution in [-0.4, -0.2) is 41.1 Å². The van der Waals surface area contributed by atoms with Crippen LogP contribution in [0.4, 0.5) is 5.13 Å². The number of ketones is 1. The predicted molar refractivity (Wildman–Crippen MR) is 163 cm³/mol. The number of aliphatic hydroxyl groups excluding tert-OH is 1. The summed E-state index contributed by atoms with van der Waals surface area (Å²) >= 11 is 7.46. The zero-order chi connectivity index (χ0) is 29.5. The van der Waals surface area contributed by atoms with Gasteiger partial charge in [-0.05, 0) is 79.9 Å². The summed E-state index contributed by atoms with van der Waals surface area (Å²) in [6.45, 7) is 6.75. The van der Waals surface area contributed by atoms with Crippen molar-refractivity contribution in [2.45, 2.75) is 45.8 Å². The van der Waals surface area contributed by atoms with Crippen LogP contribution in [0, 0.1) is 0 Å². The third kappa shape index (κ3) is 4.97. The van der Waals surface area contributed by atoms with Crippen LogP contribution < -0.4 is 19.1 Å². The average Bonchev–Trinajstić information content (AvgIpc) is 3.63. The van der Waals surface area contributed by atoms with E-state index in [1.165, 1.54) is 16.2 Å². The van der Waals surface area contributed by atoms with Crippen LogP contribution >= 0.6 is 22.9 Å². The molecule has 1 saturated heterocycles. The Balaban J connectivity index is 1.53. The Morgan fingerprint density at radius 3 is 2.71 bits per heavy atom. The maximum absolute atomic E-state index is 13.7. The smallest absolute Gasteiger partial charge is 0.301 e. The Labute approximate surface area is 252 Å². The number of rotatable bonds is 8. The fraction of sp³-hybridized carbons (Fsp3) is 0.281. The minimum Gasteiger partial charge on any atom is -0.507 e. The molecule has 10 heteroatoms. The van der Waals surface area contributed by atoms with Crippen molar-refractivity contribution in [2.24, 2.45) is 0 Å². The van der Waals surface area contributed by atoms with E-state index in [9.17, 15) is 14.7 Å². The number of thiazole rings is 1. The van der Waals surface area contributed by atoms with Crippen molar-refractivity contribution in [2.75, 3.05) is 18.1 Å². The number of ether oxygens (including phenoxy) is 3. The number of benzene rings is 3. The van der Waals surface area contributed by atoms with Crippen LogP contribution in [0.3, 0.4) is 0 Å². The minimum absolute atomic E-state index is 0.0148. The van der Waals surface area contributed by atoms with E-state index in [2.05, 4.69) is 4.98 Å². The fourth-order valence-electron chi connectivity index (χ4n) is 5.35. The van der Waals surface area contributed by atoms with E-state index in [0.29, 0.717) is 57.9 Å². The van der Waals surface area contributed by atoms with E-state index in [4.69, 9.17) is 25.8 Å². The van der Waals surface area contributed by atoms with E-state index in [0.717, 1.165) is 22.4 Å². The Kier molecular flexibility index (Phi) is 7.55. The molecule has 4 aromatic rings. The molecule has 1 N–H and O–H groups in total. The molecule has 0 spiro atoms. The standard InChI is InChI=1S/C32H29ClN2O6S/c1-4-12-40-24-11-6-18(15-25(24)39-5-2)28-27(29(36)19-7-10-23-20(14-19)13-17(3)41-23)30(37)31(38)35(28)32-34-22-9-8-21(33)16-26(22)42-32/h6-11,14-17,28,36H,4-5,12-13H2,1-3H3/b29-27+. The first-order valence-corrected chi connectivity index (χ1v) is 15.0. The zero-order valence-electron chi connectivity index (χ0n) is 23.3. The molecule has 2 unspecified atom stereocenters. The van der Waals surface area contributed by atoms with E-state index >= 15 is 0 Å². The van der Waals surface area contributed by atoms with Gasteiger partial charge in [-0.1, -0.05) is 35.9 Å². The van der Waals surface area contributed by atoms with Gasteiger partial charge in [0.25, 0.3) is 5.78 Å². The maximum atomic E-state index is 13.7. The highest BCUT2D eigenvalue weighted by Crippen LogP contribution is 2.46. The van der Waals surface area contributed by atoms with Gasteiger partial charge in [0.05, 0.1) is 35.0 Å². The van der Waals surface area contributed by atoms with Crippen molar-refractivity contribution < 1.29 is 28.9 Å². The molecule has 2 aliphatic heterocycles. The Morgan fingerprint density at radius 1 is 1.10 bits per heavy atom. The van der Waals surface area contributed by atoms with Crippen LogP contribution in [0.2, 0.25) is 5.02 Å². The molecule has 2 aliphatic rings. The number of carbonyl (C=O) groups is 2. The monoisotopic (exact) mass is 604 g/mol. The number of nitrogens with zero attached hydrogens (tertiary/aromatic N) is 2. The first-order chi connectivity index (χ1) is 20.3. The molecule has 1 fully saturated rings. The number of carbonyl (C=O) groups excluding carboxylic acids is 2. The van der Waals surface area contributed by atoms with Gasteiger partial charge in [0.15, 0.2) is 16.6 Å². The molecule has 216 valence electrons. The summed E-state index contributed by atoms with van der Waals surface area (Å²) in [5, 5.41) is 12.5. The second kappa shape index (κ2) is 11.3. The van der Waals surface area contributed by atoms with Gasteiger partial charge in [-0.2, -0.15) is 0 Å². The summed E-state index contributed by atoms with van der Waals surface area (Å²) in [5.74, 6) is -0.0707. The summed E-state index contributed by atoms with van der Waals surface area (Å²) in [6.07, 6.45) is 1.51. The van der Waals surface area contributed by atoms with Gasteiger partial charge in [0.1, 0.15) is 17.6 Å². The molecule has 6 rings (SSSR count). The zero-order valence-corrected chi connectivity index (χ0v) is 24.9. The van der Waals surface area contributed by atoms with Crippen molar-refractivity contribution >= 4 is 55.7 Å². The number of aromatic nitrogens is 1. The van der Waals surface area contributed by atoms with Crippen molar-refractivity contribution in [3.8, 4) is 17.2 Å². The number of aliphatic hydroxyl groups is 1. The van der Waals surface area contributed by atoms with Gasteiger partial charge in [0.2, 0.25) is 0 Å². The second-order valence-electron chi connectivity index (χ2n) is 10.2. The largest absolute Gasteiger partial charge is 0.507 e. The lowest BCUT2D eigenvalue weighted by molar-refractivity contribution is -0.132. The normalized spacial score (nSPS) is 19.3. The number of fused-ring (bicyclic) bond motifs is 2. The molecule has 8 nitrogen and oxygen atoms in total. The first kappa shape index (κ1) is 28.1. The molecule has 42 heavy (non-hydrogen) atoms. The molecular weight excluding hydrogens is 576 g/mol. The van der Waals surface area contributed by atoms with Gasteiger partial charge >= 0.3 is 5.91 Å². The van der Waals surface area contributed by atoms with E-state index in [-0.39, 0.29) is 17.4 Å². The first-order valence-electron chi connectivity index (χ1n) is 13.9. The quantitative estimate of drug-likeness (QED) is 0.130. The van der Waals surface area contributed by atoms with Gasteiger partial charge < -0.3 is 19.3 Å². The maximum Gasteiger partial charge on any atom is 0.301 e. The van der Waals surface area contributed by atoms with Crippen molar-refractivity contribution in [3.05, 3.63) is 81.9 Å². The summed E-state index contributed by atoms with van der Waals surface area (Å²) < 4.78 is 18.4. The van der Waals surface area contributed by atoms with Crippen LogP contribution in [0.5, 0.6) is 17.2 Å². The molecule has 3 aromatic carbocycles. The second-order valence-corrected chi connectivity index (χ2v) is 11.7. The molecule has 0 radical (unpaired) electrons. The minimum atomic E-state index is -0.969. The highest BCUT2D eigenvalue weighted by atomic mass is 35.5. The number of anilines is 1. The van der Waals surface area contributed by atoms with Gasteiger partial charge in [-0.25, -0.2) is 4.98 Å². The van der Waals surface area contributed by atoms with Crippen LogP contribution in [0.1, 0.15) is 49.9 Å². The van der Waals surface area contributed by atoms with Crippen LogP contribution in [0.15, 0.2) is 60.2 Å². The van der Waals surface area contributed by atoms with Crippen LogP contribution in [0.25, 0.3) is 16.0 Å². The lowest BCUT2D eigenvalue weighted by atomic mass is 9.94. The molecule has 1 aromatic heterocycles. The van der Waals surface area contributed by atoms with Crippen LogP contribution in [-0.2, 0) is 16.0 Å². The molecule has 3 heterocycles. The van der Waals surface area contributed by atoms with E-state index in [1.54, 1.807) is 48.5 Å². The fourth-order valence-corrected chi connectivity index (χ4v) is 6.62. The lowest BCUT2D eigenvalue weighted by Gasteiger charge is -2.24. The summed E-state index contributed by atoms with van der Waals surface area (Å²) in [4.78, 5) is 33.5. The topological polar surface area (TPSA) is 98.2 Å². The van der Waals surface area contributed by atoms with Gasteiger partial charge in [-0.15, -0.1) is 0 Å². The summed E-state index contributed by atoms with van der Waals surface area (Å²) in [6, 6.07) is 14.9. The van der Waals surface area contributed by atoms with Crippen molar-refractivity contribution in [1.82, 2.24) is 4.98 Å². The Hall–Kier alpha value is -4.08. The summed E-state index contributed by atoms with van der Waals surface area (Å²) in [5.41, 5.74) is 2.54. The third-order valence-corrected chi connectivity index (χ3v) is 8.46. The number of hydrogen-bond acceptors (Lipinski definition) is 8. The molecule has 0 bridgehead atoms. The Bertz CT molecular complexity index is 1750. The predicted octanol–water partition coefficient (Wildman–Crippen LogP) is 7.09. The highest BCUT2D eigenvalue weighted by Gasteiger charge is 2.48. The molecule has 0 aliphatic carbocycles. The van der Waals surface area contributed by atoms with Crippen molar-refractivity contribution in [3.63, 3.8) is 0 Å². The van der Waals surface area contributed by atoms with E-state index < -0.39 is 17.7 Å². The lowest BCUT2D eigenvalue weighted by Crippen LogP contribution is -2.29. The number of amides is 1. The number of Topliss-reactive ketones (excluding diaryl/α,β-unsaturated/α-hetero) is 1. The highest BCUT2D eigenvalue weighted by molar-refractivity contribution is 7.22. The molecule has 2 atom stereocenters. The Morgan fingerprint density at radius 2 is 1.93 bits per heavy atom. The van der Waals surface area contributed by atoms with E-state index in [1.807, 2.05) is 26.8 Å². The average molecular weight is 605 g/mol. The summed E-state index contributed by atoms with van der Waals surface area (Å²) in [7, 11) is 0. The SMILES string of the molecule is CCCOc1ccc(C2/C(=C(\O)c3ccc4c(c3)CC(C)O4)C(=O)C(=O)N2c2nc3ccc(Cl)cc3s2)cc1OCC. The van der Waals surface area contributed by atoms with Gasteiger partial charge in [0, 0.05) is 17.0 Å². The molecule has 1 amide bonds. The molecule has 0 saturated carbocycles. The van der Waals surface area contributed by atoms with Gasteiger partial charge in [-0.3, -0.25) is 14.5 Å². The molecular formula is C32H29ClN2O6S. The number of halogens is 1. The third-order valence-electron chi connectivity index (χ3n) is 7.20. The number of hydrogen-bond donors (Lipinski definition) is 1.